The van der Waals surface area contributed by atoms with E-state index in [9.17, 15) is 4.79 Å². The number of fused-ring (bicyclic) bond motifs is 1. The number of benzene rings is 1. The molecule has 1 aliphatic heterocycles. The van der Waals surface area contributed by atoms with Crippen molar-refractivity contribution < 1.29 is 14.3 Å². The summed E-state index contributed by atoms with van der Waals surface area (Å²) in [5.41, 5.74) is 8.11. The molecule has 2 heterocycles. The number of primary amides is 1. The highest BCUT2D eigenvalue weighted by Crippen LogP contribution is 2.28. The fourth-order valence-corrected chi connectivity index (χ4v) is 2.78. The van der Waals surface area contributed by atoms with Gasteiger partial charge in [0.25, 0.3) is 5.91 Å². The zero-order chi connectivity index (χ0) is 17.1. The predicted octanol–water partition coefficient (Wildman–Crippen LogP) is 0.951. The van der Waals surface area contributed by atoms with Crippen LogP contribution in [0.25, 0.3) is 0 Å². The van der Waals surface area contributed by atoms with Crippen LogP contribution in [-0.4, -0.2) is 41.5 Å². The Morgan fingerprint density at radius 1 is 1.33 bits per heavy atom. The molecule has 0 bridgehead atoms. The van der Waals surface area contributed by atoms with E-state index in [1.165, 1.54) is 0 Å². The molecule has 0 fully saturated rings. The van der Waals surface area contributed by atoms with Crippen LogP contribution in [0.3, 0.4) is 0 Å². The minimum Gasteiger partial charge on any atom is -0.493 e. The molecule has 0 spiro atoms. The topological polar surface area (TPSA) is 90.6 Å². The molecule has 2 N–H and O–H groups in total. The number of ether oxygens (including phenoxy) is 2. The van der Waals surface area contributed by atoms with Crippen molar-refractivity contribution in [1.29, 1.82) is 0 Å². The van der Waals surface area contributed by atoms with Gasteiger partial charge in [0, 0.05) is 25.2 Å². The summed E-state index contributed by atoms with van der Waals surface area (Å²) in [5.74, 6) is 0.797. The lowest BCUT2D eigenvalue weighted by atomic mass is 10.1. The van der Waals surface area contributed by atoms with Crippen LogP contribution in [0, 0.1) is 6.20 Å². The largest absolute Gasteiger partial charge is 0.493 e. The molecule has 3 rings (SSSR count). The molecule has 2 aromatic rings. The van der Waals surface area contributed by atoms with Gasteiger partial charge in [-0.1, -0.05) is 6.07 Å². The van der Waals surface area contributed by atoms with Gasteiger partial charge in [0.2, 0.25) is 5.82 Å². The number of methoxy groups -OCH3 is 2. The second kappa shape index (κ2) is 6.84. The number of hydrogen-bond donors (Lipinski definition) is 1. The fraction of sp³-hybridized carbons (Fsp3) is 0.353. The number of rotatable bonds is 5. The highest BCUT2D eigenvalue weighted by Gasteiger charge is 2.20. The van der Waals surface area contributed by atoms with E-state index in [1.54, 1.807) is 14.2 Å². The summed E-state index contributed by atoms with van der Waals surface area (Å²) in [5, 5.41) is 0. The third-order valence-electron chi connectivity index (χ3n) is 4.01. The third kappa shape index (κ3) is 3.30. The number of aromatic nitrogens is 2. The Kier molecular flexibility index (Phi) is 4.61. The first-order valence-corrected chi connectivity index (χ1v) is 7.61. The average molecular weight is 327 g/mol. The first-order valence-electron chi connectivity index (χ1n) is 7.61. The summed E-state index contributed by atoms with van der Waals surface area (Å²) in [4.78, 5) is 21.6. The molecule has 0 atom stereocenters. The second-order valence-electron chi connectivity index (χ2n) is 5.60. The SMILES string of the molecule is COc1ccc(CN2CCc3[c]nc(C(N)=O)nc3C2)cc1OC. The number of hydrogen-bond acceptors (Lipinski definition) is 6. The average Bonchev–Trinajstić information content (AvgIpc) is 2.60. The van der Waals surface area contributed by atoms with E-state index in [2.05, 4.69) is 21.1 Å². The van der Waals surface area contributed by atoms with Gasteiger partial charge >= 0.3 is 0 Å². The highest BCUT2D eigenvalue weighted by molar-refractivity contribution is 5.88. The van der Waals surface area contributed by atoms with E-state index in [-0.39, 0.29) is 5.82 Å². The van der Waals surface area contributed by atoms with Crippen LogP contribution in [0.15, 0.2) is 18.2 Å². The van der Waals surface area contributed by atoms with Crippen LogP contribution in [-0.2, 0) is 19.5 Å². The van der Waals surface area contributed by atoms with Gasteiger partial charge in [0.1, 0.15) is 0 Å². The number of nitrogens with two attached hydrogens (primary N) is 1. The monoisotopic (exact) mass is 327 g/mol. The molecule has 1 aliphatic rings. The van der Waals surface area contributed by atoms with Crippen molar-refractivity contribution >= 4 is 5.91 Å². The molecular weight excluding hydrogens is 308 g/mol. The summed E-state index contributed by atoms with van der Waals surface area (Å²) in [6.07, 6.45) is 3.67. The summed E-state index contributed by atoms with van der Waals surface area (Å²) in [6, 6.07) is 5.88. The van der Waals surface area contributed by atoms with Gasteiger partial charge < -0.3 is 15.2 Å². The van der Waals surface area contributed by atoms with Crippen molar-refractivity contribution in [1.82, 2.24) is 14.9 Å². The van der Waals surface area contributed by atoms with E-state index in [1.807, 2.05) is 18.2 Å². The fourth-order valence-electron chi connectivity index (χ4n) is 2.78. The quantitative estimate of drug-likeness (QED) is 0.879. The lowest BCUT2D eigenvalue weighted by Crippen LogP contribution is -2.32. The molecule has 7 heteroatoms. The van der Waals surface area contributed by atoms with Crippen molar-refractivity contribution in [2.75, 3.05) is 20.8 Å². The molecule has 1 aromatic carbocycles. The Hall–Kier alpha value is -2.67. The third-order valence-corrected chi connectivity index (χ3v) is 4.01. The Morgan fingerprint density at radius 3 is 2.83 bits per heavy atom. The summed E-state index contributed by atoms with van der Waals surface area (Å²) < 4.78 is 10.6. The number of carbonyl (C=O) groups is 1. The minimum atomic E-state index is -0.633. The van der Waals surface area contributed by atoms with Crippen LogP contribution >= 0.6 is 0 Å². The molecular formula is C17H19N4O3. The summed E-state index contributed by atoms with van der Waals surface area (Å²) >= 11 is 0. The summed E-state index contributed by atoms with van der Waals surface area (Å²) in [7, 11) is 3.24. The number of carbonyl (C=O) groups excluding carboxylic acids is 1. The molecule has 0 saturated carbocycles. The van der Waals surface area contributed by atoms with Crippen molar-refractivity contribution in [3.63, 3.8) is 0 Å². The van der Waals surface area contributed by atoms with E-state index in [0.717, 1.165) is 36.3 Å². The molecule has 0 saturated heterocycles. The van der Waals surface area contributed by atoms with Crippen LogP contribution in [0.1, 0.15) is 27.4 Å². The zero-order valence-electron chi connectivity index (χ0n) is 13.7. The predicted molar refractivity (Wildman–Crippen MR) is 86.7 cm³/mol. The first-order chi connectivity index (χ1) is 11.6. The van der Waals surface area contributed by atoms with E-state index < -0.39 is 5.91 Å². The molecule has 7 nitrogen and oxygen atoms in total. The van der Waals surface area contributed by atoms with Gasteiger partial charge in [0.15, 0.2) is 11.5 Å². The first kappa shape index (κ1) is 16.2. The normalized spacial score (nSPS) is 14.1. The molecule has 125 valence electrons. The standard InChI is InChI=1S/C17H19N4O3/c1-23-14-4-3-11(7-15(14)24-2)9-21-6-5-12-8-19-17(16(18)22)20-13(12)10-21/h3-4,7H,5-6,9-10H2,1-2H3,(H2,18,22). The maximum absolute atomic E-state index is 11.2. The minimum absolute atomic E-state index is 0.0155. The van der Waals surface area contributed by atoms with Gasteiger partial charge in [0.05, 0.1) is 26.1 Å². The van der Waals surface area contributed by atoms with Gasteiger partial charge in [-0.25, -0.2) is 9.97 Å². The highest BCUT2D eigenvalue weighted by atomic mass is 16.5. The van der Waals surface area contributed by atoms with E-state index in [0.29, 0.717) is 18.0 Å². The summed E-state index contributed by atoms with van der Waals surface area (Å²) in [6.45, 7) is 2.25. The van der Waals surface area contributed by atoms with Crippen molar-refractivity contribution in [2.24, 2.45) is 5.73 Å². The van der Waals surface area contributed by atoms with Crippen molar-refractivity contribution in [3.8, 4) is 11.5 Å². The van der Waals surface area contributed by atoms with E-state index >= 15 is 0 Å². The van der Waals surface area contributed by atoms with Gasteiger partial charge in [-0.15, -0.1) is 0 Å². The van der Waals surface area contributed by atoms with Crippen molar-refractivity contribution in [2.45, 2.75) is 19.5 Å². The smallest absolute Gasteiger partial charge is 0.286 e. The van der Waals surface area contributed by atoms with Crippen molar-refractivity contribution in [3.05, 3.63) is 47.0 Å². The Balaban J connectivity index is 1.76. The molecule has 24 heavy (non-hydrogen) atoms. The molecule has 0 aliphatic carbocycles. The maximum atomic E-state index is 11.2. The maximum Gasteiger partial charge on any atom is 0.286 e. The molecule has 0 unspecified atom stereocenters. The van der Waals surface area contributed by atoms with Gasteiger partial charge in [-0.2, -0.15) is 0 Å². The lowest BCUT2D eigenvalue weighted by molar-refractivity contribution is 0.0989. The van der Waals surface area contributed by atoms with Gasteiger partial charge in [-0.3, -0.25) is 9.69 Å². The Bertz CT molecular complexity index is 763. The van der Waals surface area contributed by atoms with E-state index in [4.69, 9.17) is 15.2 Å². The van der Waals surface area contributed by atoms with Crippen LogP contribution < -0.4 is 15.2 Å². The van der Waals surface area contributed by atoms with Crippen LogP contribution in [0.2, 0.25) is 0 Å². The molecule has 1 amide bonds. The molecule has 1 aromatic heterocycles. The lowest BCUT2D eigenvalue weighted by Gasteiger charge is -2.27. The second-order valence-corrected chi connectivity index (χ2v) is 5.60. The van der Waals surface area contributed by atoms with Crippen LogP contribution in [0.5, 0.6) is 11.5 Å². The zero-order valence-corrected chi connectivity index (χ0v) is 13.7. The van der Waals surface area contributed by atoms with Gasteiger partial charge in [-0.05, 0) is 24.1 Å². The molecule has 1 radical (unpaired) electrons. The number of amides is 1. The van der Waals surface area contributed by atoms with Crippen LogP contribution in [0.4, 0.5) is 0 Å². The Morgan fingerprint density at radius 2 is 2.12 bits per heavy atom. The Labute approximate surface area is 140 Å². The number of nitrogens with zero attached hydrogens (tertiary/aromatic N) is 3.